The van der Waals surface area contributed by atoms with Gasteiger partial charge in [-0.05, 0) is 30.2 Å². The second kappa shape index (κ2) is 6.50. The van der Waals surface area contributed by atoms with Crippen LogP contribution in [-0.4, -0.2) is 36.4 Å². The Hall–Kier alpha value is -1.79. The van der Waals surface area contributed by atoms with E-state index < -0.39 is 9.84 Å². The van der Waals surface area contributed by atoms with Crippen LogP contribution in [0.5, 0.6) is 0 Å². The first kappa shape index (κ1) is 16.7. The van der Waals surface area contributed by atoms with Crippen LogP contribution in [0.1, 0.15) is 11.1 Å². The van der Waals surface area contributed by atoms with E-state index in [1.54, 1.807) is 11.8 Å². The Labute approximate surface area is 152 Å². The number of fused-ring (bicyclic) bond motifs is 1. The second-order valence-corrected chi connectivity index (χ2v) is 9.92. The number of hydrogen-bond acceptors (Lipinski definition) is 5. The number of para-hydroxylation sites is 1. The van der Waals surface area contributed by atoms with Gasteiger partial charge in [0.05, 0.1) is 24.1 Å². The number of hydrogen-bond donors (Lipinski definition) is 0. The average molecular weight is 373 g/mol. The molecule has 25 heavy (non-hydrogen) atoms. The van der Waals surface area contributed by atoms with Gasteiger partial charge in [0.2, 0.25) is 0 Å². The number of anilines is 1. The molecule has 2 heterocycles. The summed E-state index contributed by atoms with van der Waals surface area (Å²) in [5.74, 6) is 0.420. The zero-order chi connectivity index (χ0) is 17.4. The van der Waals surface area contributed by atoms with Gasteiger partial charge in [0.15, 0.2) is 15.0 Å². The zero-order valence-electron chi connectivity index (χ0n) is 14.0. The zero-order valence-corrected chi connectivity index (χ0v) is 15.6. The molecule has 0 saturated carbocycles. The SMILES string of the molecule is Cc1ccccc1CN(C1=NC2CS(=O)(=O)CC2S1)c1ccccc1. The largest absolute Gasteiger partial charge is 0.317 e. The van der Waals surface area contributed by atoms with Crippen LogP contribution in [-0.2, 0) is 16.4 Å². The molecule has 2 unspecified atom stereocenters. The van der Waals surface area contributed by atoms with E-state index in [1.807, 2.05) is 24.3 Å². The van der Waals surface area contributed by atoms with E-state index in [9.17, 15) is 8.42 Å². The summed E-state index contributed by atoms with van der Waals surface area (Å²) in [6.07, 6.45) is 0. The molecule has 130 valence electrons. The Kier molecular flexibility index (Phi) is 4.33. The highest BCUT2D eigenvalue weighted by atomic mass is 32.2. The molecule has 1 saturated heterocycles. The molecule has 0 bridgehead atoms. The third kappa shape index (κ3) is 3.46. The Morgan fingerprint density at radius 1 is 1.08 bits per heavy atom. The van der Waals surface area contributed by atoms with Gasteiger partial charge in [-0.3, -0.25) is 4.99 Å². The van der Waals surface area contributed by atoms with Crippen LogP contribution in [0.3, 0.4) is 0 Å². The third-order valence-corrected chi connectivity index (χ3v) is 7.94. The fourth-order valence-electron chi connectivity index (χ4n) is 3.31. The molecular formula is C19H20N2O2S2. The molecule has 2 aromatic carbocycles. The smallest absolute Gasteiger partial charge is 0.164 e. The van der Waals surface area contributed by atoms with E-state index in [0.29, 0.717) is 0 Å². The van der Waals surface area contributed by atoms with Crippen molar-refractivity contribution in [3.63, 3.8) is 0 Å². The Morgan fingerprint density at radius 3 is 2.52 bits per heavy atom. The second-order valence-electron chi connectivity index (χ2n) is 6.56. The maximum Gasteiger partial charge on any atom is 0.164 e. The number of nitrogens with zero attached hydrogens (tertiary/aromatic N) is 2. The standard InChI is InChI=1S/C19H20N2O2S2/c1-14-7-5-6-8-15(14)11-21(16-9-3-2-4-10-16)19-20-17-12-25(22,23)13-18(17)24-19/h2-10,17-18H,11-13H2,1H3. The van der Waals surface area contributed by atoms with Crippen molar-refractivity contribution in [1.82, 2.24) is 0 Å². The first-order chi connectivity index (χ1) is 12.0. The molecule has 0 aliphatic carbocycles. The summed E-state index contributed by atoms with van der Waals surface area (Å²) in [7, 11) is -2.93. The number of benzene rings is 2. The van der Waals surface area contributed by atoms with Crippen molar-refractivity contribution in [2.75, 3.05) is 16.4 Å². The van der Waals surface area contributed by atoms with Gasteiger partial charge >= 0.3 is 0 Å². The topological polar surface area (TPSA) is 49.7 Å². The number of aryl methyl sites for hydroxylation is 1. The molecule has 0 aromatic heterocycles. The molecule has 2 aromatic rings. The van der Waals surface area contributed by atoms with Gasteiger partial charge in [0.25, 0.3) is 0 Å². The molecule has 4 nitrogen and oxygen atoms in total. The van der Waals surface area contributed by atoms with Crippen molar-refractivity contribution in [2.24, 2.45) is 4.99 Å². The van der Waals surface area contributed by atoms with Crippen molar-refractivity contribution in [1.29, 1.82) is 0 Å². The summed E-state index contributed by atoms with van der Waals surface area (Å²) in [5, 5.41) is 0.988. The maximum atomic E-state index is 11.8. The summed E-state index contributed by atoms with van der Waals surface area (Å²) in [4.78, 5) is 6.98. The molecule has 6 heteroatoms. The summed E-state index contributed by atoms with van der Waals surface area (Å²) < 4.78 is 23.7. The van der Waals surface area contributed by atoms with Gasteiger partial charge in [-0.1, -0.05) is 54.2 Å². The average Bonchev–Trinajstić information content (AvgIpc) is 3.08. The van der Waals surface area contributed by atoms with Crippen LogP contribution in [0.15, 0.2) is 59.6 Å². The van der Waals surface area contributed by atoms with Crippen LogP contribution < -0.4 is 4.90 Å². The minimum atomic E-state index is -2.93. The van der Waals surface area contributed by atoms with Crippen molar-refractivity contribution >= 4 is 32.5 Å². The van der Waals surface area contributed by atoms with Gasteiger partial charge in [-0.25, -0.2) is 8.42 Å². The predicted octanol–water partition coefficient (Wildman–Crippen LogP) is 3.27. The number of rotatable bonds is 3. The van der Waals surface area contributed by atoms with Gasteiger partial charge in [-0.15, -0.1) is 0 Å². The number of amidine groups is 1. The first-order valence-electron chi connectivity index (χ1n) is 8.34. The summed E-state index contributed by atoms with van der Waals surface area (Å²) >= 11 is 1.61. The van der Waals surface area contributed by atoms with Gasteiger partial charge < -0.3 is 4.90 Å². The molecular weight excluding hydrogens is 352 g/mol. The van der Waals surface area contributed by atoms with Crippen molar-refractivity contribution in [2.45, 2.75) is 24.8 Å². The highest BCUT2D eigenvalue weighted by Crippen LogP contribution is 2.37. The Bertz CT molecular complexity index is 910. The third-order valence-electron chi connectivity index (χ3n) is 4.69. The van der Waals surface area contributed by atoms with Gasteiger partial charge in [0, 0.05) is 10.9 Å². The van der Waals surface area contributed by atoms with Crippen molar-refractivity contribution in [3.05, 3.63) is 65.7 Å². The lowest BCUT2D eigenvalue weighted by atomic mass is 10.1. The van der Waals surface area contributed by atoms with E-state index in [-0.39, 0.29) is 22.8 Å². The number of sulfone groups is 1. The quantitative estimate of drug-likeness (QED) is 0.830. The van der Waals surface area contributed by atoms with Crippen LogP contribution in [0.4, 0.5) is 5.69 Å². The molecule has 4 rings (SSSR count). The molecule has 2 aliphatic heterocycles. The Balaban J connectivity index is 1.67. The molecule has 2 atom stereocenters. The first-order valence-corrected chi connectivity index (χ1v) is 11.0. The van der Waals surface area contributed by atoms with Gasteiger partial charge in [0.1, 0.15) is 0 Å². The monoisotopic (exact) mass is 372 g/mol. The van der Waals surface area contributed by atoms with Crippen molar-refractivity contribution in [3.8, 4) is 0 Å². The lowest BCUT2D eigenvalue weighted by molar-refractivity contribution is 0.601. The van der Waals surface area contributed by atoms with Crippen LogP contribution in [0.25, 0.3) is 0 Å². The lowest BCUT2D eigenvalue weighted by Crippen LogP contribution is -2.28. The summed E-state index contributed by atoms with van der Waals surface area (Å²) in [6.45, 7) is 2.85. The van der Waals surface area contributed by atoms with E-state index in [0.717, 1.165) is 17.4 Å². The Morgan fingerprint density at radius 2 is 1.80 bits per heavy atom. The molecule has 0 amide bonds. The highest BCUT2D eigenvalue weighted by molar-refractivity contribution is 8.15. The summed E-state index contributed by atoms with van der Waals surface area (Å²) in [5.41, 5.74) is 3.58. The minimum absolute atomic E-state index is 0.0584. The fourth-order valence-corrected chi connectivity index (χ4v) is 7.09. The molecule has 2 aliphatic rings. The number of thioether (sulfide) groups is 1. The van der Waals surface area contributed by atoms with Gasteiger partial charge in [-0.2, -0.15) is 0 Å². The normalized spacial score (nSPS) is 24.0. The summed E-state index contributed by atoms with van der Waals surface area (Å²) in [6, 6.07) is 18.4. The van der Waals surface area contributed by atoms with E-state index in [2.05, 4.69) is 42.2 Å². The van der Waals surface area contributed by atoms with E-state index in [1.165, 1.54) is 11.1 Å². The van der Waals surface area contributed by atoms with Crippen LogP contribution in [0.2, 0.25) is 0 Å². The van der Waals surface area contributed by atoms with Crippen LogP contribution in [0, 0.1) is 6.92 Å². The molecule has 0 spiro atoms. The molecule has 0 N–H and O–H groups in total. The maximum absolute atomic E-state index is 11.8. The van der Waals surface area contributed by atoms with Crippen molar-refractivity contribution < 1.29 is 8.42 Å². The fraction of sp³-hybridized carbons (Fsp3) is 0.316. The molecule has 0 radical (unpaired) electrons. The highest BCUT2D eigenvalue weighted by Gasteiger charge is 2.44. The lowest BCUT2D eigenvalue weighted by Gasteiger charge is -2.25. The van der Waals surface area contributed by atoms with E-state index >= 15 is 0 Å². The number of aliphatic imine (C=N–C) groups is 1. The minimum Gasteiger partial charge on any atom is -0.317 e. The van der Waals surface area contributed by atoms with E-state index in [4.69, 9.17) is 4.99 Å². The predicted molar refractivity (Wildman–Crippen MR) is 105 cm³/mol. The van der Waals surface area contributed by atoms with Crippen LogP contribution >= 0.6 is 11.8 Å². The molecule has 1 fully saturated rings.